The summed E-state index contributed by atoms with van der Waals surface area (Å²) in [6, 6.07) is 35.5. The maximum atomic E-state index is 12.4. The Bertz CT molecular complexity index is 6750. The highest BCUT2D eigenvalue weighted by Gasteiger charge is 2.30. The fourth-order valence-corrected chi connectivity index (χ4v) is 15.8. The van der Waals surface area contributed by atoms with Crippen LogP contribution in [0.2, 0.25) is 0 Å². The summed E-state index contributed by atoms with van der Waals surface area (Å²) in [6.45, 7) is 5.27. The molecule has 1 saturated heterocycles. The van der Waals surface area contributed by atoms with E-state index in [2.05, 4.69) is 82.5 Å². The molecule has 0 bridgehead atoms. The number of carbonyl (C=O) groups excluding carboxylic acids is 7. The molecule has 13 rings (SSSR count). The number of amidine groups is 4. The van der Waals surface area contributed by atoms with Crippen LogP contribution in [0.5, 0.6) is 0 Å². The molecule has 6 aromatic carbocycles. The van der Waals surface area contributed by atoms with Crippen LogP contribution in [0.1, 0.15) is 80.4 Å². The molecule has 57 heteroatoms. The first kappa shape index (κ1) is 112. The van der Waals surface area contributed by atoms with Crippen molar-refractivity contribution in [3.8, 4) is 0 Å². The molecule has 7 heterocycles. The predicted octanol–water partition coefficient (Wildman–Crippen LogP) is 8.80. The number of nitrogens with zero attached hydrogens (tertiary/aromatic N) is 9. The summed E-state index contributed by atoms with van der Waals surface area (Å²) in [4.78, 5) is 170. The van der Waals surface area contributed by atoms with Crippen molar-refractivity contribution in [3.63, 3.8) is 0 Å². The number of ether oxygens (including phenoxy) is 2. The fraction of sp³-hybridized carbons (Fsp3) is 0.198. The van der Waals surface area contributed by atoms with Crippen LogP contribution in [0.25, 0.3) is 0 Å². The molecule has 0 atom stereocenters. The maximum Gasteiger partial charge on any atom is 0.416 e. The minimum atomic E-state index is -4.42. The molecule has 47 nitrogen and oxygen atoms in total. The molecule has 0 unspecified atom stereocenters. The third-order valence-corrected chi connectivity index (χ3v) is 24.1. The normalized spacial score (nSPS) is 13.8. The number of sulfonamides is 1. The Kier molecular flexibility index (Phi) is 44.4. The minimum absolute atomic E-state index is 0.00496. The number of hydrogen-bond acceptors (Lipinski definition) is 36. The van der Waals surface area contributed by atoms with E-state index >= 15 is 0 Å². The molecular formula is C86H85F3N24O23S7. The van der Waals surface area contributed by atoms with Crippen molar-refractivity contribution in [2.75, 3.05) is 93.6 Å². The molecule has 5 aliphatic heterocycles. The number of amides is 6. The summed E-state index contributed by atoms with van der Waals surface area (Å²) < 4.78 is 69.7. The number of aromatic carboxylic acids is 2. The lowest BCUT2D eigenvalue weighted by atomic mass is 10.1. The number of carboxylic acid groups (broad SMARTS) is 2. The monoisotopic (exact) mass is 2100 g/mol. The summed E-state index contributed by atoms with van der Waals surface area (Å²) in [6.07, 6.45) is 4.10. The van der Waals surface area contributed by atoms with Gasteiger partial charge >= 0.3 is 35.5 Å². The lowest BCUT2D eigenvalue weighted by Gasteiger charge is -2.28. The van der Waals surface area contributed by atoms with Gasteiger partial charge in [-0.05, 0) is 139 Å². The largest absolute Gasteiger partial charge is 0.512 e. The SMILES string of the molecule is CCOC(=O)c1ccc(NC(=O)CSC2=NC(=N)C=C(O)C2)cc1.N=C1C=C(O)CC(SCC(=O)Nc2ccc(C(=O)O)cc2)=N1.N=C1C=C(O)CC(SCC(=O)Nc2ccc(N3CCOCC3)cc2)=N1.N=C1C=C(O)CC(SCC(=O)Nc2ccc(S(N)(=O)=O)cc2)=N1.O=C(CSc1n[nH]c(=O)[nH]c1=O)N/N=C/c1ccc(C(=O)O)cc1.O=C(CSc1n[nH]c(=O)[nH]c1=O)N/N=C/c1ccc(C(F)(F)F)cc1. The van der Waals surface area contributed by atoms with Crippen LogP contribution in [0.15, 0.2) is 257 Å². The van der Waals surface area contributed by atoms with Gasteiger partial charge in [0.15, 0.2) is 10.1 Å². The predicted molar refractivity (Wildman–Crippen MR) is 538 cm³/mol. The number of esters is 1. The lowest BCUT2D eigenvalue weighted by Crippen LogP contribution is -2.36. The van der Waals surface area contributed by atoms with E-state index in [4.69, 9.17) is 46.5 Å². The van der Waals surface area contributed by atoms with Gasteiger partial charge in [-0.2, -0.15) is 33.6 Å². The summed E-state index contributed by atoms with van der Waals surface area (Å²) in [5.41, 5.74) is 5.74. The molecule has 0 saturated carbocycles. The molecule has 6 amide bonds. The average molecular weight is 2100 g/mol. The Morgan fingerprint density at radius 3 is 1.08 bits per heavy atom. The number of hydrogen-bond donors (Lipinski definition) is 21. The fourth-order valence-electron chi connectivity index (χ4n) is 10.9. The van der Waals surface area contributed by atoms with Crippen LogP contribution >= 0.6 is 70.6 Å². The van der Waals surface area contributed by atoms with Gasteiger partial charge in [0, 0.05) is 65.8 Å². The van der Waals surface area contributed by atoms with Gasteiger partial charge in [0.05, 0.1) is 140 Å². The third kappa shape index (κ3) is 42.0. The van der Waals surface area contributed by atoms with E-state index in [9.17, 15) is 104 Å². The number of benzene rings is 6. The second kappa shape index (κ2) is 56.4. The summed E-state index contributed by atoms with van der Waals surface area (Å²) >= 11 is 6.28. The topological polar surface area (TPSA) is 756 Å². The Balaban J connectivity index is 0.000000210. The van der Waals surface area contributed by atoms with E-state index in [0.717, 1.165) is 96.9 Å². The summed E-state index contributed by atoms with van der Waals surface area (Å²) in [5.74, 6) is -4.29. The van der Waals surface area contributed by atoms with Crippen molar-refractivity contribution in [1.82, 2.24) is 41.2 Å². The zero-order valence-corrected chi connectivity index (χ0v) is 79.9. The van der Waals surface area contributed by atoms with E-state index < -0.39 is 74.0 Å². The van der Waals surface area contributed by atoms with Crippen molar-refractivity contribution < 1.29 is 105 Å². The molecule has 750 valence electrons. The number of nitrogens with one attached hydrogen (secondary N) is 14. The van der Waals surface area contributed by atoms with Crippen molar-refractivity contribution >= 4 is 218 Å². The van der Waals surface area contributed by atoms with Crippen molar-refractivity contribution in [2.45, 2.75) is 53.7 Å². The molecule has 5 aliphatic rings. The number of aliphatic imine (C=N–C) groups is 4. The van der Waals surface area contributed by atoms with Crippen LogP contribution < -0.4 is 64.7 Å². The van der Waals surface area contributed by atoms with Crippen molar-refractivity contribution in [2.24, 2.45) is 35.3 Å². The molecule has 0 radical (unpaired) electrons. The quantitative estimate of drug-likeness (QED) is 0.00942. The first-order valence-corrected chi connectivity index (χ1v) is 48.3. The number of H-pyrrole nitrogens is 4. The van der Waals surface area contributed by atoms with Gasteiger partial charge in [-0.3, -0.25) is 70.0 Å². The molecule has 1 fully saturated rings. The Labute approximate surface area is 831 Å². The van der Waals surface area contributed by atoms with Crippen molar-refractivity contribution in [3.05, 3.63) is 268 Å². The van der Waals surface area contributed by atoms with E-state index in [0.29, 0.717) is 60.5 Å². The molecule has 22 N–H and O–H groups in total. The number of carboxylic acids is 2. The van der Waals surface area contributed by atoms with Crippen LogP contribution in [-0.4, -0.2) is 246 Å². The molecule has 0 aliphatic carbocycles. The molecule has 143 heavy (non-hydrogen) atoms. The van der Waals surface area contributed by atoms with Gasteiger partial charge in [0.2, 0.25) is 45.5 Å². The van der Waals surface area contributed by atoms with E-state index in [1.165, 1.54) is 145 Å². The van der Waals surface area contributed by atoms with Gasteiger partial charge in [-0.15, -0.1) is 47.0 Å². The number of alkyl halides is 3. The minimum Gasteiger partial charge on any atom is -0.512 e. The zero-order valence-electron chi connectivity index (χ0n) is 74.1. The average Bonchev–Trinajstić information content (AvgIpc) is 0.846. The van der Waals surface area contributed by atoms with Gasteiger partial charge in [-0.1, -0.05) is 47.8 Å². The standard InChI is InChI=1S/C17H20N4O3S.C16H17N3O4S.C14H13N3O4S.C13H10F3N5O3S.C13H11N5O5S.C13H14N4O4S2/c18-15-9-14(22)10-17(20-15)25-11-16(23)19-12-1-3-13(4-2-12)21-5-7-24-8-6-21;1-2-23-16(22)10-3-5-11(6-4-10)18-14(21)9-24-15-8-12(20)7-13(17)19-15;15-11-5-10(18)6-13(17-11)22-7-12(19)16-9-3-1-8(2-4-9)14(20)21;14-13(15,16)8-3-1-7(2-4-8)5-17-19-9(22)6-25-11-10(23)18-12(24)21-20-11;19-9(6-24-11-10(20)15-13(23)18-17-11)16-14-5-7-1-3-8(4-2-7)12(21)22;14-11-5-9(18)6-13(17-11)22-7-12(19)16-8-1-3-10(4-2-8)23(15,20)21/h1-4,9,18,22H,5-8,10-11H2,(H,19,23);3-7,17,20H,2,8-9H2,1H3,(H,18,21);1-5,15,18H,6-7H2,(H,16,19)(H,20,21);1-5H,6H2,(H,19,22)(H2,18,21,23,24);1-5H,6H2,(H,16,19)(H,21,22)(H2,15,18,20,23);1-5,14,18H,6-7H2,(H,16,19)(H2,15,20,21)/b;;;17-5+;14-5+;. The van der Waals surface area contributed by atoms with Crippen LogP contribution in [0.3, 0.4) is 0 Å². The summed E-state index contributed by atoms with van der Waals surface area (Å²) in [7, 11) is -3.76. The number of dihydropyridines is 4. The Hall–Kier alpha value is -15.8. The van der Waals surface area contributed by atoms with Gasteiger partial charge < -0.3 is 66.3 Å². The van der Waals surface area contributed by atoms with E-state index in [1.807, 2.05) is 39.3 Å². The third-order valence-electron chi connectivity index (χ3n) is 17.3. The first-order valence-electron chi connectivity index (χ1n) is 40.8. The van der Waals surface area contributed by atoms with Gasteiger partial charge in [0.25, 0.3) is 11.1 Å². The number of aliphatic hydroxyl groups is 4. The number of morpholine rings is 1. The number of nitrogens with two attached hydrogens (primary N) is 1. The number of anilines is 5. The number of aromatic nitrogens is 6. The number of allylic oxidation sites excluding steroid dienone is 4. The number of thioether (sulfide) groups is 6. The number of carbonyl (C=O) groups is 9. The number of aromatic amines is 4. The van der Waals surface area contributed by atoms with Crippen LogP contribution in [-0.2, 0) is 54.4 Å². The van der Waals surface area contributed by atoms with E-state index in [1.54, 1.807) is 31.2 Å². The smallest absolute Gasteiger partial charge is 0.416 e. The molecular weight excluding hydrogens is 2020 g/mol. The van der Waals surface area contributed by atoms with Crippen LogP contribution in [0.4, 0.5) is 41.6 Å². The molecule has 2 aromatic heterocycles. The highest BCUT2D eigenvalue weighted by Crippen LogP contribution is 2.30. The number of halogens is 3. The van der Waals surface area contributed by atoms with Crippen molar-refractivity contribution in [1.29, 1.82) is 21.6 Å². The van der Waals surface area contributed by atoms with Gasteiger partial charge in [-0.25, -0.2) is 78.5 Å². The zero-order chi connectivity index (χ0) is 104. The Morgan fingerprint density at radius 2 is 0.776 bits per heavy atom. The van der Waals surface area contributed by atoms with Crippen LogP contribution in [0, 0.1) is 21.6 Å². The number of primary sulfonamides is 1. The number of hydrazone groups is 2. The molecule has 0 spiro atoms. The second-order valence-corrected chi connectivity index (χ2v) is 36.1. The van der Waals surface area contributed by atoms with Gasteiger partial charge in [0.1, 0.15) is 46.4 Å². The Morgan fingerprint density at radius 1 is 0.469 bits per heavy atom. The first-order chi connectivity index (χ1) is 67.9. The lowest BCUT2D eigenvalue weighted by molar-refractivity contribution is -0.137. The summed E-state index contributed by atoms with van der Waals surface area (Å²) in [5, 5.41) is 121. The highest BCUT2D eigenvalue weighted by atomic mass is 32.2. The number of aliphatic hydroxyl groups excluding tert-OH is 4. The van der Waals surface area contributed by atoms with E-state index in [-0.39, 0.29) is 156 Å². The number of rotatable bonds is 28. The maximum absolute atomic E-state index is 12.4. The molecule has 8 aromatic rings. The second-order valence-electron chi connectivity index (χ2n) is 28.4. The highest BCUT2D eigenvalue weighted by molar-refractivity contribution is 8.15.